The minimum atomic E-state index is 0.955. The molecule has 4 rings (SSSR count). The predicted octanol–water partition coefficient (Wildman–Crippen LogP) is 8.39. The van der Waals surface area contributed by atoms with Crippen LogP contribution in [0.5, 0.6) is 0 Å². The fourth-order valence-corrected chi connectivity index (χ4v) is 5.25. The van der Waals surface area contributed by atoms with Crippen molar-refractivity contribution >= 4 is 0 Å². The highest BCUT2D eigenvalue weighted by molar-refractivity contribution is 5.77. The Kier molecular flexibility index (Phi) is 6.33. The quantitative estimate of drug-likeness (QED) is 0.305. The molecule has 0 fully saturated rings. The first-order valence-corrected chi connectivity index (χ1v) is 11.6. The molecule has 0 unspecified atom stereocenters. The third-order valence-electron chi connectivity index (χ3n) is 6.32. The van der Waals surface area contributed by atoms with E-state index >= 15 is 0 Å². The summed E-state index contributed by atoms with van der Waals surface area (Å²) in [5.41, 5.74) is 16.4. The summed E-state index contributed by atoms with van der Waals surface area (Å²) in [6.45, 7) is 13.3. The van der Waals surface area contributed by atoms with Gasteiger partial charge >= 0.3 is 0 Å². The molecule has 0 amide bonds. The molecule has 0 heterocycles. The Morgan fingerprint density at radius 3 is 1.12 bits per heavy atom. The van der Waals surface area contributed by atoms with Crippen LogP contribution in [0, 0.1) is 41.5 Å². The minimum Gasteiger partial charge on any atom is -0.0617 e. The van der Waals surface area contributed by atoms with E-state index in [1.54, 1.807) is 0 Å². The lowest BCUT2D eigenvalue weighted by atomic mass is 9.84. The highest BCUT2D eigenvalue weighted by Gasteiger charge is 2.16. The van der Waals surface area contributed by atoms with E-state index in [0.717, 1.165) is 12.8 Å². The molecule has 4 aromatic carbocycles. The van der Waals surface area contributed by atoms with Gasteiger partial charge in [-0.2, -0.15) is 0 Å². The van der Waals surface area contributed by atoms with Crippen molar-refractivity contribution in [2.75, 3.05) is 0 Å². The van der Waals surface area contributed by atoms with Gasteiger partial charge in [0, 0.05) is 0 Å². The van der Waals surface area contributed by atoms with Gasteiger partial charge in [0.1, 0.15) is 0 Å². The van der Waals surface area contributed by atoms with Crippen molar-refractivity contribution in [1.29, 1.82) is 0 Å². The first-order chi connectivity index (χ1) is 15.3. The summed E-state index contributed by atoms with van der Waals surface area (Å²) >= 11 is 0. The van der Waals surface area contributed by atoms with Gasteiger partial charge in [-0.05, 0) is 98.9 Å². The smallest absolute Gasteiger partial charge is 0.00193 e. The van der Waals surface area contributed by atoms with Gasteiger partial charge in [0.25, 0.3) is 0 Å². The van der Waals surface area contributed by atoms with Crippen LogP contribution in [0.25, 0.3) is 11.1 Å². The SMILES string of the molecule is Cc1cc(C)cc(Cc2cccc(C)c2-c2c(C)cccc2Cc2cc(C)cc(C)c2)c1. The molecule has 0 heteroatoms. The molecule has 0 N–H and O–H groups in total. The van der Waals surface area contributed by atoms with Crippen molar-refractivity contribution in [3.63, 3.8) is 0 Å². The molecule has 0 radical (unpaired) electrons. The maximum absolute atomic E-state index is 2.33. The van der Waals surface area contributed by atoms with Crippen molar-refractivity contribution in [3.05, 3.63) is 128 Å². The molecular formula is C32H34. The summed E-state index contributed by atoms with van der Waals surface area (Å²) < 4.78 is 0. The number of rotatable bonds is 5. The lowest BCUT2D eigenvalue weighted by Gasteiger charge is -2.20. The molecule has 0 atom stereocenters. The Morgan fingerprint density at radius 1 is 0.438 bits per heavy atom. The van der Waals surface area contributed by atoms with Crippen LogP contribution in [0.2, 0.25) is 0 Å². The second-order valence-electron chi connectivity index (χ2n) is 9.56. The topological polar surface area (TPSA) is 0 Å². The van der Waals surface area contributed by atoms with Gasteiger partial charge in [0.05, 0.1) is 0 Å². The number of benzene rings is 4. The van der Waals surface area contributed by atoms with E-state index < -0.39 is 0 Å². The summed E-state index contributed by atoms with van der Waals surface area (Å²) in [6.07, 6.45) is 1.91. The number of hydrogen-bond donors (Lipinski definition) is 0. The monoisotopic (exact) mass is 418 g/mol. The molecule has 0 spiro atoms. The first-order valence-electron chi connectivity index (χ1n) is 11.6. The molecule has 0 aromatic heterocycles. The van der Waals surface area contributed by atoms with Crippen molar-refractivity contribution in [2.24, 2.45) is 0 Å². The lowest BCUT2D eigenvalue weighted by molar-refractivity contribution is 1.13. The van der Waals surface area contributed by atoms with Gasteiger partial charge in [-0.3, -0.25) is 0 Å². The highest BCUT2D eigenvalue weighted by atomic mass is 14.2. The zero-order chi connectivity index (χ0) is 22.8. The van der Waals surface area contributed by atoms with Gasteiger partial charge in [0.2, 0.25) is 0 Å². The van der Waals surface area contributed by atoms with Gasteiger partial charge in [-0.1, -0.05) is 95.1 Å². The van der Waals surface area contributed by atoms with E-state index in [4.69, 9.17) is 0 Å². The Labute approximate surface area is 194 Å². The van der Waals surface area contributed by atoms with Gasteiger partial charge in [-0.25, -0.2) is 0 Å². The molecule has 0 aliphatic rings. The molecule has 0 aliphatic carbocycles. The van der Waals surface area contributed by atoms with Gasteiger partial charge in [0.15, 0.2) is 0 Å². The zero-order valence-corrected chi connectivity index (χ0v) is 20.3. The van der Waals surface area contributed by atoms with Crippen LogP contribution in [-0.2, 0) is 12.8 Å². The normalized spacial score (nSPS) is 11.1. The van der Waals surface area contributed by atoms with Gasteiger partial charge < -0.3 is 0 Å². The summed E-state index contributed by atoms with van der Waals surface area (Å²) in [5, 5.41) is 0. The summed E-state index contributed by atoms with van der Waals surface area (Å²) in [7, 11) is 0. The van der Waals surface area contributed by atoms with Crippen LogP contribution in [0.4, 0.5) is 0 Å². The van der Waals surface area contributed by atoms with E-state index in [1.165, 1.54) is 66.8 Å². The average Bonchev–Trinajstić information content (AvgIpc) is 2.68. The Morgan fingerprint density at radius 2 is 0.781 bits per heavy atom. The highest BCUT2D eigenvalue weighted by Crippen LogP contribution is 2.35. The largest absolute Gasteiger partial charge is 0.0617 e. The second-order valence-corrected chi connectivity index (χ2v) is 9.56. The number of hydrogen-bond acceptors (Lipinski definition) is 0. The molecule has 162 valence electrons. The molecule has 0 saturated carbocycles. The van der Waals surface area contributed by atoms with Crippen molar-refractivity contribution in [3.8, 4) is 11.1 Å². The molecule has 0 aliphatic heterocycles. The fraction of sp³-hybridized carbons (Fsp3) is 0.250. The number of aryl methyl sites for hydroxylation is 6. The second kappa shape index (κ2) is 9.17. The standard InChI is InChI=1S/C32H34/c1-21-13-22(2)16-27(15-21)19-29-11-7-9-25(5)31(29)32-26(6)10-8-12-30(32)20-28-17-23(3)14-24(4)18-28/h7-18H,19-20H2,1-6H3. The third kappa shape index (κ3) is 4.86. The summed E-state index contributed by atoms with van der Waals surface area (Å²) in [6, 6.07) is 27.4. The molecular weight excluding hydrogens is 384 g/mol. The van der Waals surface area contributed by atoms with E-state index in [0.29, 0.717) is 0 Å². The van der Waals surface area contributed by atoms with Crippen LogP contribution < -0.4 is 0 Å². The first kappa shape index (κ1) is 22.1. The maximum atomic E-state index is 2.33. The minimum absolute atomic E-state index is 0.955. The van der Waals surface area contributed by atoms with Crippen molar-refractivity contribution in [1.82, 2.24) is 0 Å². The van der Waals surface area contributed by atoms with Crippen LogP contribution in [0.3, 0.4) is 0 Å². The summed E-state index contributed by atoms with van der Waals surface area (Å²) in [5.74, 6) is 0. The summed E-state index contributed by atoms with van der Waals surface area (Å²) in [4.78, 5) is 0. The Hall–Kier alpha value is -3.12. The molecule has 0 nitrogen and oxygen atoms in total. The maximum Gasteiger partial charge on any atom is -0.00193 e. The van der Waals surface area contributed by atoms with Crippen molar-refractivity contribution in [2.45, 2.75) is 54.4 Å². The van der Waals surface area contributed by atoms with Crippen LogP contribution in [0.15, 0.2) is 72.8 Å². The Balaban J connectivity index is 1.83. The Bertz CT molecular complexity index is 1130. The molecule has 32 heavy (non-hydrogen) atoms. The fourth-order valence-electron chi connectivity index (χ4n) is 5.25. The molecule has 4 aromatic rings. The van der Waals surface area contributed by atoms with E-state index in [-0.39, 0.29) is 0 Å². The van der Waals surface area contributed by atoms with Gasteiger partial charge in [-0.15, -0.1) is 0 Å². The van der Waals surface area contributed by atoms with E-state index in [1.807, 2.05) is 0 Å². The average molecular weight is 419 g/mol. The third-order valence-corrected chi connectivity index (χ3v) is 6.32. The van der Waals surface area contributed by atoms with Crippen LogP contribution in [-0.4, -0.2) is 0 Å². The van der Waals surface area contributed by atoms with E-state index in [2.05, 4.69) is 114 Å². The lowest BCUT2D eigenvalue weighted by Crippen LogP contribution is -2.01. The molecule has 0 saturated heterocycles. The van der Waals surface area contributed by atoms with Crippen LogP contribution >= 0.6 is 0 Å². The van der Waals surface area contributed by atoms with Crippen LogP contribution in [0.1, 0.15) is 55.6 Å². The zero-order valence-electron chi connectivity index (χ0n) is 20.3. The molecule has 0 bridgehead atoms. The van der Waals surface area contributed by atoms with E-state index in [9.17, 15) is 0 Å². The predicted molar refractivity (Wildman–Crippen MR) is 139 cm³/mol. The van der Waals surface area contributed by atoms with Crippen molar-refractivity contribution < 1.29 is 0 Å².